The third kappa shape index (κ3) is 2.79. The van der Waals surface area contributed by atoms with Crippen molar-refractivity contribution in [3.05, 3.63) is 41.3 Å². The molecule has 3 aliphatic heterocycles. The number of nitrogens with one attached hydrogen (secondary N) is 1. The van der Waals surface area contributed by atoms with Gasteiger partial charge in [-0.05, 0) is 51.3 Å². The van der Waals surface area contributed by atoms with Crippen molar-refractivity contribution in [3.63, 3.8) is 0 Å². The van der Waals surface area contributed by atoms with E-state index in [2.05, 4.69) is 36.0 Å². The van der Waals surface area contributed by atoms with Crippen LogP contribution in [0.1, 0.15) is 57.1 Å². The van der Waals surface area contributed by atoms with Crippen LogP contribution in [0.2, 0.25) is 0 Å². The Kier molecular flexibility index (Phi) is 4.28. The lowest BCUT2D eigenvalue weighted by Gasteiger charge is -2.35. The van der Waals surface area contributed by atoms with Gasteiger partial charge in [-0.15, -0.1) is 0 Å². The number of nitrogens with zero attached hydrogens (tertiary/aromatic N) is 2. The summed E-state index contributed by atoms with van der Waals surface area (Å²) in [4.78, 5) is 30.5. The molecule has 2 aromatic rings. The number of imide groups is 1. The Morgan fingerprint density at radius 1 is 1.33 bits per heavy atom. The minimum atomic E-state index is -0.610. The van der Waals surface area contributed by atoms with E-state index in [0.717, 1.165) is 19.5 Å². The molecule has 0 radical (unpaired) electrons. The van der Waals surface area contributed by atoms with Crippen LogP contribution in [0, 0.1) is 5.82 Å². The number of carbonyl (C=O) groups excluding carboxylic acids is 2. The minimum absolute atomic E-state index is 0.268. The number of pyridine rings is 1. The number of rotatable bonds is 3. The number of ether oxygens (including phenoxy) is 1. The van der Waals surface area contributed by atoms with Gasteiger partial charge in [0.2, 0.25) is 11.8 Å². The van der Waals surface area contributed by atoms with Crippen molar-refractivity contribution < 1.29 is 18.7 Å². The second-order valence-corrected chi connectivity index (χ2v) is 9.24. The SMILES string of the molecule is CC(C)N1CCC2(c3ccc4ncc(C5CCC(=O)NC5=O)cc4c3F)OC2(C)C1. The number of hydrogen-bond donors (Lipinski definition) is 1. The van der Waals surface area contributed by atoms with E-state index in [9.17, 15) is 9.59 Å². The summed E-state index contributed by atoms with van der Waals surface area (Å²) in [6.07, 6.45) is 3.04. The Balaban J connectivity index is 1.52. The maximum Gasteiger partial charge on any atom is 0.234 e. The molecule has 0 aliphatic carbocycles. The Morgan fingerprint density at radius 2 is 2.13 bits per heavy atom. The highest BCUT2D eigenvalue weighted by Gasteiger charge is 2.70. The number of benzene rings is 1. The van der Waals surface area contributed by atoms with Crippen LogP contribution in [0.15, 0.2) is 24.4 Å². The van der Waals surface area contributed by atoms with E-state index in [0.29, 0.717) is 34.5 Å². The summed E-state index contributed by atoms with van der Waals surface area (Å²) >= 11 is 0. The summed E-state index contributed by atoms with van der Waals surface area (Å²) in [7, 11) is 0. The standard InChI is InChI=1S/C23H26FN3O3/c1-13(2)27-9-8-23(22(3,12-27)30-23)17-5-6-18-16(20(17)24)10-14(11-25-18)15-4-7-19(28)26-21(15)29/h5-6,10-11,13,15H,4,7-9,12H2,1-3H3,(H,26,28,29). The zero-order valence-electron chi connectivity index (χ0n) is 17.5. The van der Waals surface area contributed by atoms with Crippen LogP contribution < -0.4 is 5.32 Å². The Labute approximate surface area is 174 Å². The number of piperidine rings is 2. The predicted octanol–water partition coefficient (Wildman–Crippen LogP) is 2.99. The number of hydrogen-bond acceptors (Lipinski definition) is 5. The van der Waals surface area contributed by atoms with Crippen molar-refractivity contribution in [3.8, 4) is 0 Å². The van der Waals surface area contributed by atoms with Gasteiger partial charge in [-0.2, -0.15) is 0 Å². The molecular weight excluding hydrogens is 385 g/mol. The first-order chi connectivity index (χ1) is 14.2. The lowest BCUT2D eigenvalue weighted by Crippen LogP contribution is -2.47. The number of amides is 2. The second kappa shape index (κ2) is 6.56. The third-order valence-corrected chi connectivity index (χ3v) is 7.10. The zero-order valence-corrected chi connectivity index (χ0v) is 17.5. The summed E-state index contributed by atoms with van der Waals surface area (Å²) < 4.78 is 22.0. The van der Waals surface area contributed by atoms with Gasteiger partial charge < -0.3 is 4.74 Å². The molecule has 0 bridgehead atoms. The summed E-state index contributed by atoms with van der Waals surface area (Å²) in [5.41, 5.74) is 0.740. The molecule has 0 saturated carbocycles. The fourth-order valence-corrected chi connectivity index (χ4v) is 5.21. The molecule has 158 valence electrons. The van der Waals surface area contributed by atoms with Gasteiger partial charge in [-0.3, -0.25) is 24.8 Å². The van der Waals surface area contributed by atoms with Crippen LogP contribution >= 0.6 is 0 Å². The van der Waals surface area contributed by atoms with Gasteiger partial charge in [0.25, 0.3) is 0 Å². The molecule has 1 aromatic carbocycles. The second-order valence-electron chi connectivity index (χ2n) is 9.24. The van der Waals surface area contributed by atoms with Gasteiger partial charge in [0, 0.05) is 42.7 Å². The van der Waals surface area contributed by atoms with Crippen molar-refractivity contribution in [2.24, 2.45) is 0 Å². The Bertz CT molecular complexity index is 1070. The number of aromatic nitrogens is 1. The summed E-state index contributed by atoms with van der Waals surface area (Å²) in [5, 5.41) is 2.76. The van der Waals surface area contributed by atoms with E-state index in [1.807, 2.05) is 6.07 Å². The molecule has 3 atom stereocenters. The fourth-order valence-electron chi connectivity index (χ4n) is 5.21. The van der Waals surface area contributed by atoms with Gasteiger partial charge in [0.15, 0.2) is 0 Å². The fraction of sp³-hybridized carbons (Fsp3) is 0.522. The van der Waals surface area contributed by atoms with Gasteiger partial charge in [0.05, 0.1) is 11.4 Å². The molecule has 1 N–H and O–H groups in total. The number of epoxide rings is 1. The largest absolute Gasteiger partial charge is 0.356 e. The van der Waals surface area contributed by atoms with Crippen LogP contribution in [0.4, 0.5) is 4.39 Å². The average Bonchev–Trinajstić information content (AvgIpc) is 3.34. The first kappa shape index (κ1) is 19.6. The molecule has 4 heterocycles. The zero-order chi connectivity index (χ0) is 21.3. The summed E-state index contributed by atoms with van der Waals surface area (Å²) in [5.74, 6) is -1.43. The van der Waals surface area contributed by atoms with Crippen molar-refractivity contribution in [1.82, 2.24) is 15.2 Å². The van der Waals surface area contributed by atoms with E-state index in [1.165, 1.54) is 0 Å². The molecule has 5 rings (SSSR count). The van der Waals surface area contributed by atoms with E-state index in [-0.39, 0.29) is 24.1 Å². The molecule has 1 aromatic heterocycles. The molecular formula is C23H26FN3O3. The van der Waals surface area contributed by atoms with Crippen LogP contribution in [-0.2, 0) is 19.9 Å². The van der Waals surface area contributed by atoms with E-state index < -0.39 is 17.1 Å². The maximum atomic E-state index is 15.8. The highest BCUT2D eigenvalue weighted by atomic mass is 19.1. The van der Waals surface area contributed by atoms with Gasteiger partial charge in [0.1, 0.15) is 17.0 Å². The normalized spacial score (nSPS) is 31.7. The highest BCUT2D eigenvalue weighted by molar-refractivity contribution is 6.01. The number of likely N-dealkylation sites (tertiary alicyclic amines) is 1. The third-order valence-electron chi connectivity index (χ3n) is 7.10. The highest BCUT2D eigenvalue weighted by Crippen LogP contribution is 2.61. The first-order valence-corrected chi connectivity index (χ1v) is 10.6. The number of fused-ring (bicyclic) bond motifs is 2. The lowest BCUT2D eigenvalue weighted by atomic mass is 9.80. The molecule has 3 saturated heterocycles. The van der Waals surface area contributed by atoms with E-state index in [4.69, 9.17) is 4.74 Å². The van der Waals surface area contributed by atoms with Gasteiger partial charge in [-0.25, -0.2) is 4.39 Å². The van der Waals surface area contributed by atoms with Crippen LogP contribution in [0.5, 0.6) is 0 Å². The van der Waals surface area contributed by atoms with Crippen LogP contribution in [0.3, 0.4) is 0 Å². The molecule has 3 aliphatic rings. The van der Waals surface area contributed by atoms with Gasteiger partial charge >= 0.3 is 0 Å². The summed E-state index contributed by atoms with van der Waals surface area (Å²) in [6, 6.07) is 5.76. The molecule has 0 spiro atoms. The van der Waals surface area contributed by atoms with E-state index >= 15 is 4.39 Å². The topological polar surface area (TPSA) is 74.8 Å². The van der Waals surface area contributed by atoms with Crippen LogP contribution in [0.25, 0.3) is 10.9 Å². The van der Waals surface area contributed by atoms with Crippen molar-refractivity contribution >= 4 is 22.7 Å². The smallest absolute Gasteiger partial charge is 0.234 e. The lowest BCUT2D eigenvalue weighted by molar-refractivity contribution is -0.134. The maximum absolute atomic E-state index is 15.8. The predicted molar refractivity (Wildman–Crippen MR) is 109 cm³/mol. The van der Waals surface area contributed by atoms with E-state index in [1.54, 1.807) is 18.3 Å². The van der Waals surface area contributed by atoms with Crippen molar-refractivity contribution in [2.45, 2.75) is 63.2 Å². The van der Waals surface area contributed by atoms with Crippen molar-refractivity contribution in [2.75, 3.05) is 13.1 Å². The number of halogens is 1. The average molecular weight is 411 g/mol. The molecule has 30 heavy (non-hydrogen) atoms. The molecule has 3 fully saturated rings. The quantitative estimate of drug-likeness (QED) is 0.621. The van der Waals surface area contributed by atoms with Crippen LogP contribution in [-0.4, -0.2) is 46.4 Å². The summed E-state index contributed by atoms with van der Waals surface area (Å²) in [6.45, 7) is 8.02. The molecule has 3 unspecified atom stereocenters. The van der Waals surface area contributed by atoms with Crippen molar-refractivity contribution in [1.29, 1.82) is 0 Å². The minimum Gasteiger partial charge on any atom is -0.356 e. The first-order valence-electron chi connectivity index (χ1n) is 10.6. The number of carbonyl (C=O) groups is 2. The van der Waals surface area contributed by atoms with Gasteiger partial charge in [-0.1, -0.05) is 6.07 Å². The molecule has 7 heteroatoms. The Hall–Kier alpha value is -2.38. The Morgan fingerprint density at radius 3 is 2.83 bits per heavy atom. The monoisotopic (exact) mass is 411 g/mol. The molecule has 6 nitrogen and oxygen atoms in total. The molecule has 2 amide bonds.